The van der Waals surface area contributed by atoms with Crippen LogP contribution in [0.5, 0.6) is 0 Å². The molecule has 2 aromatic rings. The zero-order valence-corrected chi connectivity index (χ0v) is 19.3. The molecule has 0 bridgehead atoms. The maximum atomic E-state index is 6.58. The summed E-state index contributed by atoms with van der Waals surface area (Å²) in [5, 5.41) is 0. The molecule has 33 heavy (non-hydrogen) atoms. The van der Waals surface area contributed by atoms with Crippen LogP contribution >= 0.6 is 0 Å². The Morgan fingerprint density at radius 3 is 2.45 bits per heavy atom. The second-order valence-electron chi connectivity index (χ2n) is 9.17. The Bertz CT molecular complexity index is 1120. The lowest BCUT2D eigenvalue weighted by Gasteiger charge is -2.41. The van der Waals surface area contributed by atoms with E-state index in [1.165, 1.54) is 17.6 Å². The summed E-state index contributed by atoms with van der Waals surface area (Å²) in [5.74, 6) is 2.05. The van der Waals surface area contributed by atoms with E-state index in [0.29, 0.717) is 25.1 Å². The third-order valence-corrected chi connectivity index (χ3v) is 7.15. The number of guanidine groups is 1. The van der Waals surface area contributed by atoms with Gasteiger partial charge in [0.1, 0.15) is 5.76 Å². The van der Waals surface area contributed by atoms with Crippen LogP contribution in [0.4, 0.5) is 5.88 Å². The SMILES string of the molecule is C=NC(=Nc1oc(C2=CC=C(C3(N)CCC3)CC2)c(-c2ccccc2)c1C)N1CCOCC1. The van der Waals surface area contributed by atoms with Gasteiger partial charge in [0.2, 0.25) is 11.8 Å². The Kier molecular flexibility index (Phi) is 6.04. The van der Waals surface area contributed by atoms with Crippen LogP contribution in [0.2, 0.25) is 0 Å². The number of hydrogen-bond acceptors (Lipinski definition) is 4. The molecule has 1 aromatic heterocycles. The largest absolute Gasteiger partial charge is 0.438 e. The normalized spacial score (nSPS) is 20.7. The number of aliphatic imine (C=N–C) groups is 2. The van der Waals surface area contributed by atoms with Crippen molar-refractivity contribution in [3.8, 4) is 11.1 Å². The number of furan rings is 1. The highest BCUT2D eigenvalue weighted by Crippen LogP contribution is 2.45. The standard InChI is InChI=1S/C27H32N4O2/c1-19-23(20-7-4-3-5-8-20)24(21-9-11-22(12-10-21)27(28)13-6-14-27)33-25(19)30-26(29-2)31-15-17-32-18-16-31/h3-5,7-9,11H,2,6,10,12-18,28H2,1H3. The average molecular weight is 445 g/mol. The number of benzene rings is 1. The first-order valence-electron chi connectivity index (χ1n) is 11.9. The van der Waals surface area contributed by atoms with E-state index in [1.54, 1.807) is 0 Å². The summed E-state index contributed by atoms with van der Waals surface area (Å²) in [6, 6.07) is 10.4. The Labute approximate surface area is 195 Å². The van der Waals surface area contributed by atoms with Gasteiger partial charge in [-0.3, -0.25) is 0 Å². The predicted molar refractivity (Wildman–Crippen MR) is 134 cm³/mol. The van der Waals surface area contributed by atoms with Gasteiger partial charge in [-0.15, -0.1) is 0 Å². The number of allylic oxidation sites excluding steroid dienone is 3. The number of hydrogen-bond donors (Lipinski definition) is 1. The second-order valence-corrected chi connectivity index (χ2v) is 9.17. The molecule has 172 valence electrons. The van der Waals surface area contributed by atoms with Crippen LogP contribution in [0.3, 0.4) is 0 Å². The third-order valence-electron chi connectivity index (χ3n) is 7.15. The van der Waals surface area contributed by atoms with Gasteiger partial charge in [-0.1, -0.05) is 48.1 Å². The molecule has 1 aliphatic heterocycles. The minimum absolute atomic E-state index is 0.0957. The van der Waals surface area contributed by atoms with Crippen LogP contribution in [-0.2, 0) is 4.74 Å². The van der Waals surface area contributed by atoms with Crippen LogP contribution in [0.25, 0.3) is 16.7 Å². The van der Waals surface area contributed by atoms with Crippen molar-refractivity contribution >= 4 is 24.1 Å². The fraction of sp³-hybridized carbons (Fsp3) is 0.407. The van der Waals surface area contributed by atoms with Crippen molar-refractivity contribution in [1.82, 2.24) is 4.90 Å². The quantitative estimate of drug-likeness (QED) is 0.515. The van der Waals surface area contributed by atoms with E-state index in [4.69, 9.17) is 19.9 Å². The molecule has 6 heteroatoms. The van der Waals surface area contributed by atoms with Crippen molar-refractivity contribution in [1.29, 1.82) is 0 Å². The molecule has 0 unspecified atom stereocenters. The van der Waals surface area contributed by atoms with Gasteiger partial charge in [-0.25, -0.2) is 4.99 Å². The molecule has 1 saturated heterocycles. The van der Waals surface area contributed by atoms with Crippen molar-refractivity contribution in [2.75, 3.05) is 26.3 Å². The number of rotatable bonds is 4. The molecule has 3 aliphatic rings. The Hall–Kier alpha value is -2.96. The molecular weight excluding hydrogens is 412 g/mol. The number of nitrogens with two attached hydrogens (primary N) is 1. The van der Waals surface area contributed by atoms with E-state index in [-0.39, 0.29) is 5.54 Å². The highest BCUT2D eigenvalue weighted by molar-refractivity contribution is 5.89. The maximum absolute atomic E-state index is 6.58. The molecule has 2 aliphatic carbocycles. The van der Waals surface area contributed by atoms with Crippen molar-refractivity contribution in [3.05, 3.63) is 59.4 Å². The summed E-state index contributed by atoms with van der Waals surface area (Å²) in [6.45, 7) is 8.64. The van der Waals surface area contributed by atoms with Gasteiger partial charge in [-0.05, 0) is 56.9 Å². The van der Waals surface area contributed by atoms with Crippen LogP contribution in [0, 0.1) is 6.92 Å². The van der Waals surface area contributed by atoms with Crippen LogP contribution in [0.15, 0.2) is 62.5 Å². The zero-order chi connectivity index (χ0) is 22.8. The summed E-state index contributed by atoms with van der Waals surface area (Å²) in [6.07, 6.45) is 9.71. The fourth-order valence-electron chi connectivity index (χ4n) is 4.97. The molecule has 2 N–H and O–H groups in total. The first kappa shape index (κ1) is 21.9. The zero-order valence-electron chi connectivity index (χ0n) is 19.3. The maximum Gasteiger partial charge on any atom is 0.228 e. The van der Waals surface area contributed by atoms with Crippen molar-refractivity contribution in [2.24, 2.45) is 15.7 Å². The van der Waals surface area contributed by atoms with Gasteiger partial charge in [-0.2, -0.15) is 4.99 Å². The summed E-state index contributed by atoms with van der Waals surface area (Å²) < 4.78 is 11.9. The first-order chi connectivity index (χ1) is 16.1. The highest BCUT2D eigenvalue weighted by Gasteiger charge is 2.36. The number of morpholine rings is 1. The van der Waals surface area contributed by atoms with Gasteiger partial charge in [0, 0.05) is 29.8 Å². The number of nitrogens with zero attached hydrogens (tertiary/aromatic N) is 3. The molecule has 2 heterocycles. The number of ether oxygens (including phenoxy) is 1. The van der Waals surface area contributed by atoms with Gasteiger partial charge in [0.05, 0.1) is 13.2 Å². The molecule has 6 nitrogen and oxygen atoms in total. The average Bonchev–Trinajstić information content (AvgIpc) is 3.18. The Morgan fingerprint density at radius 1 is 1.09 bits per heavy atom. The molecule has 0 amide bonds. The molecule has 2 fully saturated rings. The molecular formula is C27H32N4O2. The summed E-state index contributed by atoms with van der Waals surface area (Å²) >= 11 is 0. The van der Waals surface area contributed by atoms with Gasteiger partial charge < -0.3 is 19.8 Å². The third kappa shape index (κ3) is 4.21. The topological polar surface area (TPSA) is 76.3 Å². The van der Waals surface area contributed by atoms with E-state index in [1.807, 2.05) is 6.07 Å². The monoisotopic (exact) mass is 444 g/mol. The molecule has 0 radical (unpaired) electrons. The van der Waals surface area contributed by atoms with E-state index < -0.39 is 0 Å². The first-order valence-corrected chi connectivity index (χ1v) is 11.9. The van der Waals surface area contributed by atoms with Crippen molar-refractivity contribution in [2.45, 2.75) is 44.6 Å². The Balaban J connectivity index is 1.56. The van der Waals surface area contributed by atoms with Gasteiger partial charge >= 0.3 is 0 Å². The minimum Gasteiger partial charge on any atom is -0.438 e. The second kappa shape index (κ2) is 9.12. The van der Waals surface area contributed by atoms with Crippen LogP contribution < -0.4 is 5.73 Å². The molecule has 0 atom stereocenters. The molecule has 5 rings (SSSR count). The van der Waals surface area contributed by atoms with E-state index in [0.717, 1.165) is 61.2 Å². The van der Waals surface area contributed by atoms with E-state index in [9.17, 15) is 0 Å². The lowest BCUT2D eigenvalue weighted by atomic mass is 9.69. The van der Waals surface area contributed by atoms with Gasteiger partial charge in [0.25, 0.3) is 0 Å². The highest BCUT2D eigenvalue weighted by atomic mass is 16.5. The summed E-state index contributed by atoms with van der Waals surface area (Å²) in [7, 11) is 0. The van der Waals surface area contributed by atoms with Crippen LogP contribution in [0.1, 0.15) is 43.4 Å². The van der Waals surface area contributed by atoms with Crippen molar-refractivity contribution in [3.63, 3.8) is 0 Å². The Morgan fingerprint density at radius 2 is 1.85 bits per heavy atom. The predicted octanol–water partition coefficient (Wildman–Crippen LogP) is 5.26. The molecule has 1 saturated carbocycles. The van der Waals surface area contributed by atoms with E-state index in [2.05, 4.69) is 60.0 Å². The van der Waals surface area contributed by atoms with E-state index >= 15 is 0 Å². The lowest BCUT2D eigenvalue weighted by molar-refractivity contribution is 0.0676. The smallest absolute Gasteiger partial charge is 0.228 e. The summed E-state index contributed by atoms with van der Waals surface area (Å²) in [5.41, 5.74) is 12.3. The molecule has 0 spiro atoms. The fourth-order valence-corrected chi connectivity index (χ4v) is 4.97. The molecule has 1 aromatic carbocycles. The van der Waals surface area contributed by atoms with Gasteiger partial charge in [0.15, 0.2) is 0 Å². The summed E-state index contributed by atoms with van der Waals surface area (Å²) in [4.78, 5) is 11.1. The lowest BCUT2D eigenvalue weighted by Crippen LogP contribution is -2.48. The van der Waals surface area contributed by atoms with Crippen molar-refractivity contribution < 1.29 is 9.15 Å². The van der Waals surface area contributed by atoms with Crippen LogP contribution in [-0.4, -0.2) is 49.4 Å². The minimum atomic E-state index is -0.0957.